The molecule has 0 atom stereocenters. The van der Waals surface area contributed by atoms with Crippen molar-refractivity contribution in [2.45, 2.75) is 62.3 Å². The average molecular weight is 383 g/mol. The van der Waals surface area contributed by atoms with Gasteiger partial charge >= 0.3 is 0 Å². The van der Waals surface area contributed by atoms with Crippen molar-refractivity contribution in [2.75, 3.05) is 13.1 Å². The molecule has 0 bridgehead atoms. The van der Waals surface area contributed by atoms with Gasteiger partial charge in [0.25, 0.3) is 0 Å². The second-order valence-electron chi connectivity index (χ2n) is 7.36. The van der Waals surface area contributed by atoms with E-state index in [9.17, 15) is 8.42 Å². The van der Waals surface area contributed by atoms with Crippen molar-refractivity contribution in [1.29, 1.82) is 0 Å². The fourth-order valence-electron chi connectivity index (χ4n) is 3.74. The second-order valence-corrected chi connectivity index (χ2v) is 9.33. The predicted octanol–water partition coefficient (Wildman–Crippen LogP) is 2.88. The Labute approximate surface area is 154 Å². The van der Waals surface area contributed by atoms with Gasteiger partial charge in [0.05, 0.1) is 5.75 Å². The number of hydrogen-bond acceptors (Lipinski definition) is 6. The zero-order chi connectivity index (χ0) is 18.1. The van der Waals surface area contributed by atoms with Crippen LogP contribution in [0.15, 0.2) is 30.3 Å². The van der Waals surface area contributed by atoms with Crippen LogP contribution in [0.3, 0.4) is 0 Å². The van der Waals surface area contributed by atoms with Crippen LogP contribution in [-0.2, 0) is 35.3 Å². The molecule has 144 valence electrons. The van der Waals surface area contributed by atoms with Crippen molar-refractivity contribution >= 4 is 10.0 Å². The lowest BCUT2D eigenvalue weighted by atomic mass is 9.94. The Hall–Kier alpha value is -1.03. The topological polar surface area (TPSA) is 74.3 Å². The van der Waals surface area contributed by atoms with Crippen LogP contribution in [0.2, 0.25) is 0 Å². The quantitative estimate of drug-likeness (QED) is 0.747. The van der Waals surface area contributed by atoms with Crippen LogP contribution in [0.25, 0.3) is 0 Å². The van der Waals surface area contributed by atoms with Crippen molar-refractivity contribution in [2.24, 2.45) is 0 Å². The third kappa shape index (κ3) is 3.81. The van der Waals surface area contributed by atoms with Crippen LogP contribution in [0.5, 0.6) is 0 Å². The van der Waals surface area contributed by atoms with E-state index in [-0.39, 0.29) is 5.75 Å². The van der Waals surface area contributed by atoms with Crippen LogP contribution < -0.4 is 0 Å². The fraction of sp³-hybridized carbons (Fsp3) is 0.667. The molecular formula is C18H25NO6S. The molecule has 4 rings (SSSR count). The Bertz CT molecular complexity index is 696. The highest BCUT2D eigenvalue weighted by atomic mass is 32.2. The number of sulfonamides is 1. The number of benzene rings is 1. The van der Waals surface area contributed by atoms with Gasteiger partial charge in [-0.1, -0.05) is 36.8 Å². The lowest BCUT2D eigenvalue weighted by Gasteiger charge is -2.46. The molecule has 2 heterocycles. The summed E-state index contributed by atoms with van der Waals surface area (Å²) >= 11 is 0. The van der Waals surface area contributed by atoms with Gasteiger partial charge in [-0.25, -0.2) is 12.7 Å². The zero-order valence-electron chi connectivity index (χ0n) is 14.8. The average Bonchev–Trinajstić information content (AvgIpc) is 2.66. The van der Waals surface area contributed by atoms with E-state index in [2.05, 4.69) is 0 Å². The molecule has 2 saturated heterocycles. The molecule has 2 aliphatic heterocycles. The molecule has 0 N–H and O–H groups in total. The molecule has 0 radical (unpaired) electrons. The summed E-state index contributed by atoms with van der Waals surface area (Å²) in [4.78, 5) is 22.4. The highest BCUT2D eigenvalue weighted by Crippen LogP contribution is 2.42. The number of hydrogen-bond donors (Lipinski definition) is 0. The molecule has 0 aromatic heterocycles. The molecule has 2 spiro atoms. The maximum absolute atomic E-state index is 12.7. The Morgan fingerprint density at radius 1 is 0.808 bits per heavy atom. The van der Waals surface area contributed by atoms with E-state index in [0.717, 1.165) is 37.7 Å². The molecular weight excluding hydrogens is 358 g/mol. The fourth-order valence-corrected chi connectivity index (χ4v) is 5.27. The summed E-state index contributed by atoms with van der Waals surface area (Å²) in [6.07, 6.45) is 5.44. The standard InChI is InChI=1S/C18H25NO6S/c20-26(21,15-16-7-3-1-4-8-16)19-13-11-18(12-14-19)24-22-17(23-25-18)9-5-2-6-10-17/h1,3-4,7-8H,2,5-6,9-15H2. The minimum absolute atomic E-state index is 0.00132. The highest BCUT2D eigenvalue weighted by molar-refractivity contribution is 7.88. The normalized spacial score (nSPS) is 26.2. The van der Waals surface area contributed by atoms with Gasteiger partial charge in [-0.05, 0) is 18.4 Å². The van der Waals surface area contributed by atoms with Crippen LogP contribution in [0.4, 0.5) is 0 Å². The smallest absolute Gasteiger partial charge is 0.212 e. The summed E-state index contributed by atoms with van der Waals surface area (Å²) in [6.45, 7) is 0.629. The first-order valence-corrected chi connectivity index (χ1v) is 10.9. The molecule has 3 aliphatic rings. The third-order valence-electron chi connectivity index (χ3n) is 5.38. The Morgan fingerprint density at radius 3 is 1.92 bits per heavy atom. The lowest BCUT2D eigenvalue weighted by Crippen LogP contribution is -2.56. The summed E-state index contributed by atoms with van der Waals surface area (Å²) < 4.78 is 26.8. The zero-order valence-corrected chi connectivity index (χ0v) is 15.6. The molecule has 3 fully saturated rings. The SMILES string of the molecule is O=S(=O)(Cc1ccccc1)N1CCC2(CC1)OOC1(CCCCC1)OO2. The molecule has 1 aliphatic carbocycles. The highest BCUT2D eigenvalue weighted by Gasteiger charge is 2.51. The molecule has 1 aromatic carbocycles. The minimum Gasteiger partial charge on any atom is -0.212 e. The molecule has 8 heteroatoms. The van der Waals surface area contributed by atoms with Gasteiger partial charge in [-0.15, -0.1) is 0 Å². The maximum atomic E-state index is 12.7. The van der Waals surface area contributed by atoms with E-state index in [1.54, 1.807) is 0 Å². The van der Waals surface area contributed by atoms with E-state index in [1.165, 1.54) is 4.31 Å². The van der Waals surface area contributed by atoms with Gasteiger partial charge in [0.1, 0.15) is 0 Å². The molecule has 1 saturated carbocycles. The molecule has 26 heavy (non-hydrogen) atoms. The van der Waals surface area contributed by atoms with Gasteiger partial charge in [-0.2, -0.15) is 19.6 Å². The Morgan fingerprint density at radius 2 is 1.35 bits per heavy atom. The summed E-state index contributed by atoms with van der Waals surface area (Å²) in [6, 6.07) is 9.20. The van der Waals surface area contributed by atoms with Crippen LogP contribution in [-0.4, -0.2) is 37.4 Å². The van der Waals surface area contributed by atoms with Crippen molar-refractivity contribution in [3.8, 4) is 0 Å². The first-order valence-electron chi connectivity index (χ1n) is 9.27. The van der Waals surface area contributed by atoms with Gasteiger partial charge in [0.15, 0.2) is 0 Å². The van der Waals surface area contributed by atoms with E-state index >= 15 is 0 Å². The summed E-state index contributed by atoms with van der Waals surface area (Å²) in [5.41, 5.74) is 0.781. The Balaban J connectivity index is 1.34. The monoisotopic (exact) mass is 383 g/mol. The number of rotatable bonds is 3. The number of piperidine rings is 1. The van der Waals surface area contributed by atoms with E-state index in [0.29, 0.717) is 25.9 Å². The first-order chi connectivity index (χ1) is 12.5. The van der Waals surface area contributed by atoms with E-state index in [4.69, 9.17) is 19.6 Å². The van der Waals surface area contributed by atoms with E-state index < -0.39 is 21.6 Å². The largest absolute Gasteiger partial charge is 0.236 e. The number of nitrogens with zero attached hydrogens (tertiary/aromatic N) is 1. The van der Waals surface area contributed by atoms with Crippen LogP contribution in [0.1, 0.15) is 50.5 Å². The van der Waals surface area contributed by atoms with Crippen LogP contribution in [0, 0.1) is 0 Å². The van der Waals surface area contributed by atoms with Gasteiger partial charge in [0, 0.05) is 38.8 Å². The van der Waals surface area contributed by atoms with Crippen molar-refractivity contribution in [3.63, 3.8) is 0 Å². The van der Waals surface area contributed by atoms with Crippen molar-refractivity contribution in [3.05, 3.63) is 35.9 Å². The molecule has 7 nitrogen and oxygen atoms in total. The minimum atomic E-state index is -3.38. The lowest BCUT2D eigenvalue weighted by molar-refractivity contribution is -0.662. The molecule has 0 amide bonds. The van der Waals surface area contributed by atoms with Crippen molar-refractivity contribution < 1.29 is 28.0 Å². The van der Waals surface area contributed by atoms with Gasteiger partial charge < -0.3 is 0 Å². The molecule has 1 aromatic rings. The van der Waals surface area contributed by atoms with Gasteiger partial charge in [-0.3, -0.25) is 0 Å². The maximum Gasteiger partial charge on any atom is 0.236 e. The molecule has 0 unspecified atom stereocenters. The summed E-state index contributed by atoms with van der Waals surface area (Å²) in [7, 11) is -3.38. The summed E-state index contributed by atoms with van der Waals surface area (Å²) in [5, 5.41) is 0. The van der Waals surface area contributed by atoms with E-state index in [1.807, 2.05) is 30.3 Å². The van der Waals surface area contributed by atoms with Crippen LogP contribution >= 0.6 is 0 Å². The van der Waals surface area contributed by atoms with Gasteiger partial charge in [0.2, 0.25) is 21.6 Å². The van der Waals surface area contributed by atoms with Crippen molar-refractivity contribution in [1.82, 2.24) is 4.31 Å². The predicted molar refractivity (Wildman–Crippen MR) is 92.8 cm³/mol. The first kappa shape index (κ1) is 18.3. The Kier molecular flexibility index (Phi) is 5.06. The third-order valence-corrected chi connectivity index (χ3v) is 7.23. The second kappa shape index (κ2) is 7.18. The summed E-state index contributed by atoms with van der Waals surface area (Å²) in [5.74, 6) is -1.81.